The van der Waals surface area contributed by atoms with Crippen molar-refractivity contribution in [2.45, 2.75) is 46.7 Å². The van der Waals surface area contributed by atoms with E-state index in [1.54, 1.807) is 5.06 Å². The molecule has 0 aromatic carbocycles. The number of carbonyl (C=O) groups is 1. The second kappa shape index (κ2) is 4.49. The molecule has 15 heavy (non-hydrogen) atoms. The van der Waals surface area contributed by atoms with Gasteiger partial charge in [-0.3, -0.25) is 0 Å². The number of piperazine rings is 1. The fourth-order valence-electron chi connectivity index (χ4n) is 1.61. The van der Waals surface area contributed by atoms with Crippen molar-refractivity contribution in [2.75, 3.05) is 13.1 Å². The first-order valence-corrected chi connectivity index (χ1v) is 5.52. The largest absolute Gasteiger partial charge is 0.367 e. The van der Waals surface area contributed by atoms with Crippen LogP contribution in [0.5, 0.6) is 0 Å². The standard InChI is InChI=1S/C11H22N2O2/c1-8-6-13(7-9(2)12-8)15-10(14)11(3,4)5/h8-9,12H,6-7H2,1-5H3. The molecule has 0 saturated carbocycles. The molecule has 1 rings (SSSR count). The van der Waals surface area contributed by atoms with Crippen LogP contribution in [0.4, 0.5) is 0 Å². The normalized spacial score (nSPS) is 28.9. The molecule has 1 N–H and O–H groups in total. The fourth-order valence-corrected chi connectivity index (χ4v) is 1.61. The smallest absolute Gasteiger partial charge is 0.330 e. The number of hydrogen-bond acceptors (Lipinski definition) is 4. The molecule has 88 valence electrons. The summed E-state index contributed by atoms with van der Waals surface area (Å²) in [6, 6.07) is 0.725. The van der Waals surface area contributed by atoms with Crippen LogP contribution in [-0.2, 0) is 9.63 Å². The van der Waals surface area contributed by atoms with Gasteiger partial charge in [0.1, 0.15) is 0 Å². The maximum absolute atomic E-state index is 11.7. The molecule has 0 aromatic heterocycles. The highest BCUT2D eigenvalue weighted by atomic mass is 16.7. The Morgan fingerprint density at radius 3 is 2.13 bits per heavy atom. The van der Waals surface area contributed by atoms with E-state index in [0.29, 0.717) is 12.1 Å². The molecule has 0 amide bonds. The molecule has 4 heteroatoms. The zero-order valence-electron chi connectivity index (χ0n) is 10.3. The number of nitrogens with one attached hydrogen (secondary N) is 1. The number of rotatable bonds is 1. The summed E-state index contributed by atoms with van der Waals surface area (Å²) in [6.07, 6.45) is 0. The van der Waals surface area contributed by atoms with E-state index in [1.807, 2.05) is 20.8 Å². The summed E-state index contributed by atoms with van der Waals surface area (Å²) in [6.45, 7) is 11.3. The third-order valence-electron chi connectivity index (χ3n) is 2.35. The lowest BCUT2D eigenvalue weighted by atomic mass is 9.98. The zero-order chi connectivity index (χ0) is 11.6. The van der Waals surface area contributed by atoms with Gasteiger partial charge in [0, 0.05) is 12.1 Å². The lowest BCUT2D eigenvalue weighted by Gasteiger charge is -2.35. The summed E-state index contributed by atoms with van der Waals surface area (Å²) >= 11 is 0. The molecular formula is C11H22N2O2. The van der Waals surface area contributed by atoms with E-state index in [2.05, 4.69) is 19.2 Å². The van der Waals surface area contributed by atoms with E-state index in [9.17, 15) is 4.79 Å². The predicted octanol–water partition coefficient (Wildman–Crippen LogP) is 1.17. The number of nitrogens with zero attached hydrogens (tertiary/aromatic N) is 1. The van der Waals surface area contributed by atoms with Crippen molar-refractivity contribution < 1.29 is 9.63 Å². The first-order chi connectivity index (χ1) is 6.79. The SMILES string of the molecule is CC1CN(OC(=O)C(C)(C)C)CC(C)N1. The third kappa shape index (κ3) is 3.80. The van der Waals surface area contributed by atoms with Crippen molar-refractivity contribution >= 4 is 5.97 Å². The molecule has 0 radical (unpaired) electrons. The van der Waals surface area contributed by atoms with Crippen LogP contribution in [0.2, 0.25) is 0 Å². The van der Waals surface area contributed by atoms with Crippen LogP contribution in [0.3, 0.4) is 0 Å². The Morgan fingerprint density at radius 1 is 1.27 bits per heavy atom. The number of hydroxylamine groups is 2. The minimum Gasteiger partial charge on any atom is -0.367 e. The van der Waals surface area contributed by atoms with Gasteiger partial charge in [-0.05, 0) is 34.6 Å². The summed E-state index contributed by atoms with van der Waals surface area (Å²) < 4.78 is 0. The lowest BCUT2D eigenvalue weighted by molar-refractivity contribution is -0.207. The van der Waals surface area contributed by atoms with Crippen LogP contribution in [0.15, 0.2) is 0 Å². The van der Waals surface area contributed by atoms with Gasteiger partial charge in [0.15, 0.2) is 0 Å². The van der Waals surface area contributed by atoms with E-state index in [1.165, 1.54) is 0 Å². The molecule has 2 unspecified atom stereocenters. The summed E-state index contributed by atoms with van der Waals surface area (Å²) in [7, 11) is 0. The van der Waals surface area contributed by atoms with Gasteiger partial charge in [-0.2, -0.15) is 0 Å². The van der Waals surface area contributed by atoms with Gasteiger partial charge in [0.2, 0.25) is 0 Å². The van der Waals surface area contributed by atoms with Gasteiger partial charge >= 0.3 is 5.97 Å². The molecule has 0 aromatic rings. The summed E-state index contributed by atoms with van der Waals surface area (Å²) in [4.78, 5) is 17.0. The molecule has 4 nitrogen and oxygen atoms in total. The van der Waals surface area contributed by atoms with Crippen LogP contribution in [0, 0.1) is 5.41 Å². The summed E-state index contributed by atoms with van der Waals surface area (Å²) in [5.41, 5.74) is -0.433. The highest BCUT2D eigenvalue weighted by Crippen LogP contribution is 2.17. The molecular weight excluding hydrogens is 192 g/mol. The fraction of sp³-hybridized carbons (Fsp3) is 0.909. The van der Waals surface area contributed by atoms with Crippen molar-refractivity contribution in [1.82, 2.24) is 10.4 Å². The Morgan fingerprint density at radius 2 is 1.73 bits per heavy atom. The van der Waals surface area contributed by atoms with Gasteiger partial charge < -0.3 is 10.2 Å². The van der Waals surface area contributed by atoms with E-state index in [-0.39, 0.29) is 5.97 Å². The van der Waals surface area contributed by atoms with Crippen molar-refractivity contribution in [3.63, 3.8) is 0 Å². The minimum absolute atomic E-state index is 0.163. The first kappa shape index (κ1) is 12.5. The molecule has 1 fully saturated rings. The molecule has 0 aliphatic carbocycles. The Kier molecular flexibility index (Phi) is 3.73. The molecule has 2 atom stereocenters. The van der Waals surface area contributed by atoms with Gasteiger partial charge in [-0.25, -0.2) is 4.79 Å². The maximum atomic E-state index is 11.7. The Bertz CT molecular complexity index is 225. The quantitative estimate of drug-likeness (QED) is 0.711. The monoisotopic (exact) mass is 214 g/mol. The van der Waals surface area contributed by atoms with Crippen molar-refractivity contribution in [2.24, 2.45) is 5.41 Å². The van der Waals surface area contributed by atoms with Gasteiger partial charge in [-0.15, -0.1) is 5.06 Å². The van der Waals surface area contributed by atoms with Crippen molar-refractivity contribution in [3.8, 4) is 0 Å². The predicted molar refractivity (Wildman–Crippen MR) is 59.2 cm³/mol. The van der Waals surface area contributed by atoms with Crippen LogP contribution in [-0.4, -0.2) is 36.2 Å². The summed E-state index contributed by atoms with van der Waals surface area (Å²) in [5.74, 6) is -0.163. The Balaban J connectivity index is 2.48. The molecule has 1 saturated heterocycles. The van der Waals surface area contributed by atoms with Gasteiger partial charge in [-0.1, -0.05) is 0 Å². The van der Waals surface area contributed by atoms with Crippen LogP contribution < -0.4 is 5.32 Å². The van der Waals surface area contributed by atoms with E-state index in [0.717, 1.165) is 13.1 Å². The molecule has 0 spiro atoms. The number of carbonyl (C=O) groups excluding carboxylic acids is 1. The molecule has 1 aliphatic heterocycles. The van der Waals surface area contributed by atoms with E-state index in [4.69, 9.17) is 4.84 Å². The van der Waals surface area contributed by atoms with E-state index >= 15 is 0 Å². The first-order valence-electron chi connectivity index (χ1n) is 5.52. The maximum Gasteiger partial charge on any atom is 0.330 e. The highest BCUT2D eigenvalue weighted by molar-refractivity contribution is 5.75. The van der Waals surface area contributed by atoms with Gasteiger partial charge in [0.05, 0.1) is 18.5 Å². The lowest BCUT2D eigenvalue weighted by Crippen LogP contribution is -2.55. The average molecular weight is 214 g/mol. The topological polar surface area (TPSA) is 41.6 Å². The van der Waals surface area contributed by atoms with E-state index < -0.39 is 5.41 Å². The van der Waals surface area contributed by atoms with Crippen molar-refractivity contribution in [1.29, 1.82) is 0 Å². The molecule has 1 aliphatic rings. The molecule has 0 bridgehead atoms. The van der Waals surface area contributed by atoms with Crippen LogP contribution in [0.1, 0.15) is 34.6 Å². The number of hydrogen-bond donors (Lipinski definition) is 1. The Hall–Kier alpha value is -0.610. The molecule has 1 heterocycles. The minimum atomic E-state index is -0.433. The summed E-state index contributed by atoms with van der Waals surface area (Å²) in [5, 5.41) is 5.15. The van der Waals surface area contributed by atoms with Gasteiger partial charge in [0.25, 0.3) is 0 Å². The second-order valence-corrected chi connectivity index (χ2v) is 5.44. The second-order valence-electron chi connectivity index (χ2n) is 5.44. The van der Waals surface area contributed by atoms with Crippen LogP contribution in [0.25, 0.3) is 0 Å². The van der Waals surface area contributed by atoms with Crippen molar-refractivity contribution in [3.05, 3.63) is 0 Å². The highest BCUT2D eigenvalue weighted by Gasteiger charge is 2.29. The average Bonchev–Trinajstić information content (AvgIpc) is 1.99. The zero-order valence-corrected chi connectivity index (χ0v) is 10.3. The Labute approximate surface area is 91.9 Å². The third-order valence-corrected chi connectivity index (χ3v) is 2.35. The van der Waals surface area contributed by atoms with Crippen LogP contribution >= 0.6 is 0 Å².